The number of unbranched alkanes of at least 4 members (excludes halogenated alkanes) is 17. The summed E-state index contributed by atoms with van der Waals surface area (Å²) in [5.41, 5.74) is 0. The van der Waals surface area contributed by atoms with E-state index in [4.69, 9.17) is 18.9 Å². The Hall–Kier alpha value is -4.05. The van der Waals surface area contributed by atoms with E-state index in [0.717, 1.165) is 122 Å². The molecule has 9 nitrogen and oxygen atoms in total. The largest absolute Gasteiger partial charge is 0.477 e. The van der Waals surface area contributed by atoms with Gasteiger partial charge in [0.05, 0.1) is 34.4 Å². The zero-order chi connectivity index (χ0) is 52.0. The average Bonchev–Trinajstić information content (AvgIpc) is 3.34. The van der Waals surface area contributed by atoms with Gasteiger partial charge in [-0.05, 0) is 96.3 Å². The van der Waals surface area contributed by atoms with Crippen molar-refractivity contribution in [3.8, 4) is 0 Å². The number of esters is 2. The van der Waals surface area contributed by atoms with Gasteiger partial charge in [0.1, 0.15) is 13.2 Å². The maximum Gasteiger partial charge on any atom is 0.361 e. The third-order valence-corrected chi connectivity index (χ3v) is 11.5. The lowest BCUT2D eigenvalue weighted by molar-refractivity contribution is -0.870. The van der Waals surface area contributed by atoms with Crippen LogP contribution in [0.2, 0.25) is 0 Å². The summed E-state index contributed by atoms with van der Waals surface area (Å²) in [6, 6.07) is 0. The van der Waals surface area contributed by atoms with Crippen LogP contribution in [0.3, 0.4) is 0 Å². The van der Waals surface area contributed by atoms with Gasteiger partial charge in [0.2, 0.25) is 0 Å². The molecule has 0 amide bonds. The third kappa shape index (κ3) is 53.6. The van der Waals surface area contributed by atoms with Gasteiger partial charge in [0, 0.05) is 12.8 Å². The molecule has 0 aliphatic carbocycles. The predicted octanol–water partition coefficient (Wildman–Crippen LogP) is 16.3. The van der Waals surface area contributed by atoms with E-state index in [0.29, 0.717) is 17.4 Å². The third-order valence-electron chi connectivity index (χ3n) is 11.5. The van der Waals surface area contributed by atoms with E-state index in [1.165, 1.54) is 51.4 Å². The molecule has 0 heterocycles. The molecule has 0 radical (unpaired) electrons. The summed E-state index contributed by atoms with van der Waals surface area (Å²) >= 11 is 0. The van der Waals surface area contributed by atoms with Crippen molar-refractivity contribution in [1.29, 1.82) is 0 Å². The smallest absolute Gasteiger partial charge is 0.361 e. The number of hydrogen-bond acceptors (Lipinski definition) is 7. The van der Waals surface area contributed by atoms with Gasteiger partial charge in [-0.3, -0.25) is 9.59 Å². The van der Waals surface area contributed by atoms with E-state index >= 15 is 0 Å². The monoisotopic (exact) mass is 991 g/mol. The fourth-order valence-corrected chi connectivity index (χ4v) is 7.21. The van der Waals surface area contributed by atoms with E-state index in [9.17, 15) is 19.5 Å². The van der Waals surface area contributed by atoms with Gasteiger partial charge in [0.15, 0.2) is 6.10 Å². The zero-order valence-electron chi connectivity index (χ0n) is 45.8. The number of rotatable bonds is 50. The molecule has 9 heteroatoms. The van der Waals surface area contributed by atoms with Gasteiger partial charge < -0.3 is 28.5 Å². The van der Waals surface area contributed by atoms with Crippen molar-refractivity contribution < 1.29 is 42.9 Å². The topological polar surface area (TPSA) is 108 Å². The van der Waals surface area contributed by atoms with Gasteiger partial charge >= 0.3 is 17.9 Å². The van der Waals surface area contributed by atoms with Crippen molar-refractivity contribution in [2.24, 2.45) is 0 Å². The lowest BCUT2D eigenvalue weighted by atomic mass is 10.0. The number of hydrogen-bond donors (Lipinski definition) is 1. The SMILES string of the molecule is CC/C=C\C/C=C\C/C=C\C/C=C\C/C=C\C/C=C\C/C=C\CCCCCCCCCCCCCC(=O)OC(COC(=O)CCCCCCC/C=C\C/C=C\CCC)COC(OCC[N+](C)(C)C)C(=O)O. The molecule has 0 saturated carbocycles. The lowest BCUT2D eigenvalue weighted by Gasteiger charge is -2.25. The minimum absolute atomic E-state index is 0.180. The maximum atomic E-state index is 12.9. The van der Waals surface area contributed by atoms with Crippen LogP contribution in [-0.4, -0.2) is 87.4 Å². The highest BCUT2D eigenvalue weighted by Crippen LogP contribution is 2.15. The predicted molar refractivity (Wildman–Crippen MR) is 299 cm³/mol. The molecule has 1 N–H and O–H groups in total. The van der Waals surface area contributed by atoms with E-state index in [-0.39, 0.29) is 38.6 Å². The number of ether oxygens (including phenoxy) is 4. The van der Waals surface area contributed by atoms with E-state index < -0.39 is 24.3 Å². The second kappa shape index (κ2) is 52.3. The zero-order valence-corrected chi connectivity index (χ0v) is 45.8. The molecule has 0 aliphatic rings. The Balaban J connectivity index is 4.20. The maximum absolute atomic E-state index is 12.9. The fourth-order valence-electron chi connectivity index (χ4n) is 7.21. The second-order valence-electron chi connectivity index (χ2n) is 19.5. The average molecular weight is 992 g/mol. The first-order valence-electron chi connectivity index (χ1n) is 28.1. The Morgan fingerprint density at radius 3 is 1.20 bits per heavy atom. The number of allylic oxidation sites excluding steroid dienone is 18. The Kier molecular flexibility index (Phi) is 49.3. The van der Waals surface area contributed by atoms with Gasteiger partial charge in [-0.25, -0.2) is 4.79 Å². The van der Waals surface area contributed by atoms with Crippen molar-refractivity contribution in [1.82, 2.24) is 0 Å². The minimum Gasteiger partial charge on any atom is -0.477 e. The highest BCUT2D eigenvalue weighted by Gasteiger charge is 2.25. The van der Waals surface area contributed by atoms with Crippen molar-refractivity contribution in [2.45, 2.75) is 219 Å². The number of carbonyl (C=O) groups excluding carboxylic acids is 2. The summed E-state index contributed by atoms with van der Waals surface area (Å²) in [6.07, 6.45) is 68.8. The van der Waals surface area contributed by atoms with E-state index in [1.807, 2.05) is 21.1 Å². The van der Waals surface area contributed by atoms with Crippen LogP contribution >= 0.6 is 0 Å². The van der Waals surface area contributed by atoms with Crippen LogP contribution in [0.5, 0.6) is 0 Å². The minimum atomic E-state index is -1.52. The standard InChI is InChI=1S/C62H103NO8/c1-6-8-10-12-14-16-18-20-21-22-23-24-25-26-27-28-29-30-31-32-33-34-35-36-37-38-39-41-43-45-47-49-51-53-60(65)71-58(57-70-62(61(66)67)68-55-54-63(3,4)5)56-69-59(64)52-50-48-46-44-42-40-19-17-15-13-11-9-7-2/h8,10-11,13-14,16-17,19-21,23-24,26-27,29-30,32-33,58,62H,6-7,9,12,15,18,22,25,28,31,34-57H2,1-5H3/p+1/b10-8-,13-11-,16-14-,19-17-,21-20-,24-23-,27-26-,30-29-,33-32-. The number of quaternary nitrogens is 1. The van der Waals surface area contributed by atoms with Crippen LogP contribution in [0.25, 0.3) is 0 Å². The Morgan fingerprint density at radius 1 is 0.437 bits per heavy atom. The molecule has 0 saturated heterocycles. The first-order valence-corrected chi connectivity index (χ1v) is 28.1. The van der Waals surface area contributed by atoms with E-state index in [2.05, 4.69) is 123 Å². The Labute approximate surface area is 434 Å². The van der Waals surface area contributed by atoms with Gasteiger partial charge in [-0.15, -0.1) is 0 Å². The fraction of sp³-hybridized carbons (Fsp3) is 0.661. The summed E-state index contributed by atoms with van der Waals surface area (Å²) in [6.45, 7) is 4.66. The van der Waals surface area contributed by atoms with Crippen LogP contribution in [0.1, 0.15) is 206 Å². The molecule has 404 valence electrons. The number of carboxylic acids is 1. The van der Waals surface area contributed by atoms with Crippen LogP contribution in [0.15, 0.2) is 109 Å². The quantitative estimate of drug-likeness (QED) is 0.0211. The second-order valence-corrected chi connectivity index (χ2v) is 19.5. The van der Waals surface area contributed by atoms with Crippen LogP contribution in [0, 0.1) is 0 Å². The van der Waals surface area contributed by atoms with Crippen LogP contribution < -0.4 is 0 Å². The number of likely N-dealkylation sites (N-methyl/N-ethyl adjacent to an activating group) is 1. The van der Waals surface area contributed by atoms with Crippen molar-refractivity contribution in [3.05, 3.63) is 109 Å². The molecule has 0 aromatic carbocycles. The molecular weight excluding hydrogens is 887 g/mol. The number of carboxylic acid groups (broad SMARTS) is 1. The molecule has 0 aliphatic heterocycles. The summed E-state index contributed by atoms with van der Waals surface area (Å²) in [5.74, 6) is -2.04. The van der Waals surface area contributed by atoms with Crippen LogP contribution in [-0.2, 0) is 33.3 Å². The first-order chi connectivity index (χ1) is 34.6. The molecule has 71 heavy (non-hydrogen) atoms. The highest BCUT2D eigenvalue weighted by molar-refractivity contribution is 5.71. The normalized spacial score (nSPS) is 13.6. The summed E-state index contributed by atoms with van der Waals surface area (Å²) < 4.78 is 22.8. The molecule has 2 unspecified atom stereocenters. The number of aliphatic carboxylic acids is 1. The number of carbonyl (C=O) groups is 3. The van der Waals surface area contributed by atoms with Gasteiger partial charge in [-0.1, -0.05) is 207 Å². The van der Waals surface area contributed by atoms with Crippen molar-refractivity contribution in [2.75, 3.05) is 47.5 Å². The Morgan fingerprint density at radius 2 is 0.803 bits per heavy atom. The molecule has 2 atom stereocenters. The molecular formula is C62H104NO8+. The Bertz CT molecular complexity index is 1530. The lowest BCUT2D eigenvalue weighted by Crippen LogP contribution is -2.40. The molecule has 0 spiro atoms. The summed E-state index contributed by atoms with van der Waals surface area (Å²) in [4.78, 5) is 37.3. The van der Waals surface area contributed by atoms with E-state index in [1.54, 1.807) is 0 Å². The summed E-state index contributed by atoms with van der Waals surface area (Å²) in [7, 11) is 5.95. The van der Waals surface area contributed by atoms with Gasteiger partial charge in [0.25, 0.3) is 6.29 Å². The highest BCUT2D eigenvalue weighted by atomic mass is 16.7. The number of nitrogens with zero attached hydrogens (tertiary/aromatic N) is 1. The first kappa shape index (κ1) is 67.0. The van der Waals surface area contributed by atoms with Crippen LogP contribution in [0.4, 0.5) is 0 Å². The summed E-state index contributed by atoms with van der Waals surface area (Å²) in [5, 5.41) is 9.68. The molecule has 0 fully saturated rings. The molecule has 0 bridgehead atoms. The molecule has 0 aromatic heterocycles. The van der Waals surface area contributed by atoms with Crippen molar-refractivity contribution >= 4 is 17.9 Å². The molecule has 0 rings (SSSR count). The van der Waals surface area contributed by atoms with Gasteiger partial charge in [-0.2, -0.15) is 0 Å². The van der Waals surface area contributed by atoms with Crippen molar-refractivity contribution in [3.63, 3.8) is 0 Å². The molecule has 0 aromatic rings.